The molecule has 2 N–H and O–H groups in total. The summed E-state index contributed by atoms with van der Waals surface area (Å²) in [5.74, 6) is -0.846. The highest BCUT2D eigenvalue weighted by Crippen LogP contribution is 2.28. The Morgan fingerprint density at radius 1 is 1.43 bits per heavy atom. The maximum atomic E-state index is 13.9. The second kappa shape index (κ2) is 7.17. The van der Waals surface area contributed by atoms with E-state index in [0.717, 1.165) is 5.56 Å². The van der Waals surface area contributed by atoms with Crippen LogP contribution in [0.4, 0.5) is 15.8 Å². The number of hydrogen-bond acceptors (Lipinski definition) is 3. The molecule has 0 saturated heterocycles. The quantitative estimate of drug-likeness (QED) is 0.792. The van der Waals surface area contributed by atoms with Gasteiger partial charge in [-0.15, -0.1) is 0 Å². The molecule has 1 aromatic rings. The van der Waals surface area contributed by atoms with Crippen LogP contribution in [0.15, 0.2) is 12.1 Å². The van der Waals surface area contributed by atoms with E-state index in [0.29, 0.717) is 38.2 Å². The number of nitrogens with one attached hydrogen (secondary N) is 2. The first kappa shape index (κ1) is 15.4. The summed E-state index contributed by atoms with van der Waals surface area (Å²) >= 11 is 0. The monoisotopic (exact) mass is 294 g/mol. The largest absolute Gasteiger partial charge is 0.382 e. The van der Waals surface area contributed by atoms with Gasteiger partial charge in [-0.3, -0.25) is 9.59 Å². The number of fused-ring (bicyclic) bond motifs is 1. The van der Waals surface area contributed by atoms with Gasteiger partial charge in [0.25, 0.3) is 0 Å². The zero-order valence-electron chi connectivity index (χ0n) is 12.0. The van der Waals surface area contributed by atoms with Crippen molar-refractivity contribution in [1.82, 2.24) is 0 Å². The Balaban J connectivity index is 1.98. The number of amides is 2. The first-order valence-corrected chi connectivity index (χ1v) is 7.10. The second-order valence-corrected chi connectivity index (χ2v) is 4.89. The maximum Gasteiger partial charge on any atom is 0.224 e. The number of benzene rings is 1. The maximum absolute atomic E-state index is 13.9. The van der Waals surface area contributed by atoms with Crippen LogP contribution >= 0.6 is 0 Å². The lowest BCUT2D eigenvalue weighted by molar-refractivity contribution is -0.117. The minimum absolute atomic E-state index is 0.0944. The highest BCUT2D eigenvalue weighted by Gasteiger charge is 2.18. The molecule has 0 fully saturated rings. The van der Waals surface area contributed by atoms with E-state index in [1.54, 1.807) is 0 Å². The zero-order valence-corrected chi connectivity index (χ0v) is 12.0. The van der Waals surface area contributed by atoms with Crippen LogP contribution in [0.2, 0.25) is 0 Å². The standard InChI is InChI=1S/C15H19FN2O3/c1-2-21-7-3-4-14(19)18-13-9-12-10(8-11(13)16)5-6-15(20)17-12/h8-9H,2-7H2,1H3,(H,17,20)(H,18,19). The van der Waals surface area contributed by atoms with Crippen molar-refractivity contribution in [3.05, 3.63) is 23.5 Å². The summed E-state index contributed by atoms with van der Waals surface area (Å²) in [6.45, 7) is 3.00. The predicted octanol–water partition coefficient (Wildman–Crippen LogP) is 2.47. The average molecular weight is 294 g/mol. The first-order chi connectivity index (χ1) is 10.1. The van der Waals surface area contributed by atoms with Crippen LogP contribution in [0, 0.1) is 5.82 Å². The van der Waals surface area contributed by atoms with Gasteiger partial charge in [0.1, 0.15) is 5.82 Å². The van der Waals surface area contributed by atoms with Gasteiger partial charge in [-0.1, -0.05) is 0 Å². The smallest absolute Gasteiger partial charge is 0.224 e. The zero-order chi connectivity index (χ0) is 15.2. The molecule has 6 heteroatoms. The molecule has 0 radical (unpaired) electrons. The molecule has 2 rings (SSSR count). The molecule has 1 aliphatic heterocycles. The number of carbonyl (C=O) groups is 2. The Labute approximate surface area is 122 Å². The van der Waals surface area contributed by atoms with Crippen molar-refractivity contribution in [3.8, 4) is 0 Å². The van der Waals surface area contributed by atoms with E-state index in [9.17, 15) is 14.0 Å². The van der Waals surface area contributed by atoms with Crippen LogP contribution in [0.1, 0.15) is 31.7 Å². The molecular formula is C15H19FN2O3. The van der Waals surface area contributed by atoms with Crippen molar-refractivity contribution in [1.29, 1.82) is 0 Å². The van der Waals surface area contributed by atoms with Gasteiger partial charge in [-0.25, -0.2) is 4.39 Å². The van der Waals surface area contributed by atoms with Crippen molar-refractivity contribution in [2.75, 3.05) is 23.8 Å². The molecule has 0 saturated carbocycles. The summed E-state index contributed by atoms with van der Waals surface area (Å²) in [6, 6.07) is 2.84. The normalized spacial score (nSPS) is 13.5. The van der Waals surface area contributed by atoms with E-state index in [4.69, 9.17) is 4.74 Å². The third kappa shape index (κ3) is 4.26. The Hall–Kier alpha value is -1.95. The summed E-state index contributed by atoms with van der Waals surface area (Å²) in [5.41, 5.74) is 1.41. The van der Waals surface area contributed by atoms with Crippen molar-refractivity contribution in [2.45, 2.75) is 32.6 Å². The lowest BCUT2D eigenvalue weighted by Crippen LogP contribution is -2.20. The summed E-state index contributed by atoms with van der Waals surface area (Å²) in [7, 11) is 0. The van der Waals surface area contributed by atoms with Crippen molar-refractivity contribution >= 4 is 23.2 Å². The minimum atomic E-state index is -0.483. The van der Waals surface area contributed by atoms with Crippen molar-refractivity contribution in [2.24, 2.45) is 0 Å². The Morgan fingerprint density at radius 2 is 2.24 bits per heavy atom. The van der Waals surface area contributed by atoms with E-state index >= 15 is 0 Å². The number of carbonyl (C=O) groups excluding carboxylic acids is 2. The average Bonchev–Trinajstić information content (AvgIpc) is 2.45. The van der Waals surface area contributed by atoms with E-state index in [1.165, 1.54) is 12.1 Å². The van der Waals surface area contributed by atoms with E-state index in [-0.39, 0.29) is 23.9 Å². The molecule has 5 nitrogen and oxygen atoms in total. The molecule has 21 heavy (non-hydrogen) atoms. The van der Waals surface area contributed by atoms with Crippen LogP contribution in [-0.4, -0.2) is 25.0 Å². The summed E-state index contributed by atoms with van der Waals surface area (Å²) in [4.78, 5) is 23.1. The number of rotatable bonds is 6. The second-order valence-electron chi connectivity index (χ2n) is 4.89. The SMILES string of the molecule is CCOCCCC(=O)Nc1cc2c(cc1F)CCC(=O)N2. The highest BCUT2D eigenvalue weighted by atomic mass is 19.1. The van der Waals surface area contributed by atoms with Gasteiger partial charge < -0.3 is 15.4 Å². The van der Waals surface area contributed by atoms with Crippen LogP contribution in [0.5, 0.6) is 0 Å². The molecule has 0 unspecified atom stereocenters. The molecular weight excluding hydrogens is 275 g/mol. The number of halogens is 1. The van der Waals surface area contributed by atoms with Gasteiger partial charge in [-0.2, -0.15) is 0 Å². The summed E-state index contributed by atoms with van der Waals surface area (Å²) < 4.78 is 19.1. The van der Waals surface area contributed by atoms with Gasteiger partial charge in [0.05, 0.1) is 5.69 Å². The number of anilines is 2. The van der Waals surface area contributed by atoms with Gasteiger partial charge in [0, 0.05) is 31.7 Å². The van der Waals surface area contributed by atoms with Crippen LogP contribution in [0.25, 0.3) is 0 Å². The van der Waals surface area contributed by atoms with Gasteiger partial charge in [0.2, 0.25) is 11.8 Å². The fraction of sp³-hybridized carbons (Fsp3) is 0.467. The Bertz CT molecular complexity index is 546. The van der Waals surface area contributed by atoms with Gasteiger partial charge in [0.15, 0.2) is 0 Å². The van der Waals surface area contributed by atoms with Crippen molar-refractivity contribution in [3.63, 3.8) is 0 Å². The van der Waals surface area contributed by atoms with E-state index in [2.05, 4.69) is 10.6 Å². The topological polar surface area (TPSA) is 67.4 Å². The Morgan fingerprint density at radius 3 is 3.00 bits per heavy atom. The first-order valence-electron chi connectivity index (χ1n) is 7.10. The number of aryl methyl sites for hydroxylation is 1. The molecule has 2 amide bonds. The summed E-state index contributed by atoms with van der Waals surface area (Å²) in [6.07, 6.45) is 1.72. The van der Waals surface area contributed by atoms with Crippen LogP contribution < -0.4 is 10.6 Å². The highest BCUT2D eigenvalue weighted by molar-refractivity contribution is 5.96. The Kier molecular flexibility index (Phi) is 5.27. The fourth-order valence-electron chi connectivity index (χ4n) is 2.19. The number of ether oxygens (including phenoxy) is 1. The van der Waals surface area contributed by atoms with Crippen LogP contribution in [0.3, 0.4) is 0 Å². The summed E-state index contributed by atoms with van der Waals surface area (Å²) in [5, 5.41) is 5.22. The molecule has 1 heterocycles. The third-order valence-corrected chi connectivity index (χ3v) is 3.26. The molecule has 1 aliphatic rings. The van der Waals surface area contributed by atoms with Crippen molar-refractivity contribution < 1.29 is 18.7 Å². The molecule has 0 atom stereocenters. The molecule has 0 aromatic heterocycles. The molecule has 0 aliphatic carbocycles. The lowest BCUT2D eigenvalue weighted by Gasteiger charge is -2.18. The molecule has 114 valence electrons. The third-order valence-electron chi connectivity index (χ3n) is 3.26. The fourth-order valence-corrected chi connectivity index (χ4v) is 2.19. The number of hydrogen-bond donors (Lipinski definition) is 2. The molecule has 1 aromatic carbocycles. The predicted molar refractivity (Wildman–Crippen MR) is 77.7 cm³/mol. The van der Waals surface area contributed by atoms with E-state index < -0.39 is 5.82 Å². The molecule has 0 bridgehead atoms. The van der Waals surface area contributed by atoms with Gasteiger partial charge >= 0.3 is 0 Å². The lowest BCUT2D eigenvalue weighted by atomic mass is 10.0. The van der Waals surface area contributed by atoms with Crippen LogP contribution in [-0.2, 0) is 20.7 Å². The molecule has 0 spiro atoms. The van der Waals surface area contributed by atoms with Gasteiger partial charge in [-0.05, 0) is 37.5 Å². The van der Waals surface area contributed by atoms with E-state index in [1.807, 2.05) is 6.92 Å². The minimum Gasteiger partial charge on any atom is -0.382 e.